The van der Waals surface area contributed by atoms with E-state index in [0.717, 1.165) is 0 Å². The molecule has 0 saturated heterocycles. The zero-order valence-electron chi connectivity index (χ0n) is 14.6. The number of rotatable bonds is 8. The van der Waals surface area contributed by atoms with Crippen molar-refractivity contribution in [2.24, 2.45) is 5.10 Å². The van der Waals surface area contributed by atoms with Crippen LogP contribution < -0.4 is 24.4 Å². The summed E-state index contributed by atoms with van der Waals surface area (Å²) in [7, 11) is 4.51. The first-order valence-electron chi connectivity index (χ1n) is 7.58. The second-order valence-corrected chi connectivity index (χ2v) is 4.96. The number of nitrogens with one attached hydrogen (secondary N) is 1. The number of halogens is 1. The van der Waals surface area contributed by atoms with Crippen molar-refractivity contribution < 1.29 is 28.1 Å². The zero-order chi connectivity index (χ0) is 18.9. The van der Waals surface area contributed by atoms with Crippen molar-refractivity contribution in [3.63, 3.8) is 0 Å². The smallest absolute Gasteiger partial charge is 0.277 e. The molecule has 2 aromatic rings. The van der Waals surface area contributed by atoms with Gasteiger partial charge >= 0.3 is 0 Å². The maximum Gasteiger partial charge on any atom is 0.277 e. The lowest BCUT2D eigenvalue weighted by atomic mass is 10.2. The van der Waals surface area contributed by atoms with E-state index in [9.17, 15) is 9.18 Å². The summed E-state index contributed by atoms with van der Waals surface area (Å²) in [5.74, 6) is 0.374. The molecule has 0 aliphatic carbocycles. The molecule has 0 unspecified atom stereocenters. The van der Waals surface area contributed by atoms with Crippen molar-refractivity contribution in [3.05, 3.63) is 47.8 Å². The van der Waals surface area contributed by atoms with Gasteiger partial charge in [0.1, 0.15) is 17.2 Å². The third kappa shape index (κ3) is 4.85. The lowest BCUT2D eigenvalue weighted by Crippen LogP contribution is -2.24. The van der Waals surface area contributed by atoms with E-state index in [0.29, 0.717) is 22.8 Å². The maximum absolute atomic E-state index is 13.4. The molecule has 2 rings (SSSR count). The quantitative estimate of drug-likeness (QED) is 0.576. The van der Waals surface area contributed by atoms with Gasteiger partial charge in [-0.05, 0) is 12.1 Å². The van der Waals surface area contributed by atoms with Gasteiger partial charge in [-0.2, -0.15) is 5.10 Å². The molecule has 0 spiro atoms. The first-order valence-corrected chi connectivity index (χ1v) is 7.58. The molecule has 0 aliphatic rings. The Hall–Kier alpha value is -3.29. The normalized spacial score (nSPS) is 10.5. The van der Waals surface area contributed by atoms with Crippen LogP contribution in [0.15, 0.2) is 41.5 Å². The Balaban J connectivity index is 2.01. The molecule has 0 heterocycles. The molecule has 138 valence electrons. The molecule has 0 radical (unpaired) electrons. The molecule has 0 fully saturated rings. The summed E-state index contributed by atoms with van der Waals surface area (Å²) >= 11 is 0. The van der Waals surface area contributed by atoms with Crippen LogP contribution in [0.5, 0.6) is 23.0 Å². The lowest BCUT2D eigenvalue weighted by Gasteiger charge is -2.12. The van der Waals surface area contributed by atoms with Crippen LogP contribution in [0.25, 0.3) is 0 Å². The number of benzene rings is 2. The topological polar surface area (TPSA) is 78.4 Å². The first-order chi connectivity index (χ1) is 12.6. The summed E-state index contributed by atoms with van der Waals surface area (Å²) < 4.78 is 34.2. The third-order valence-corrected chi connectivity index (χ3v) is 3.33. The molecule has 0 bridgehead atoms. The van der Waals surface area contributed by atoms with Crippen molar-refractivity contribution in [1.29, 1.82) is 0 Å². The molecule has 0 aromatic heterocycles. The van der Waals surface area contributed by atoms with Crippen LogP contribution in [0, 0.1) is 5.82 Å². The summed E-state index contributed by atoms with van der Waals surface area (Å²) in [6, 6.07) is 9.13. The Kier molecular flexibility index (Phi) is 6.78. The Labute approximate surface area is 150 Å². The number of carbonyl (C=O) groups excluding carboxylic acids is 1. The number of hydrazone groups is 1. The highest BCUT2D eigenvalue weighted by molar-refractivity contribution is 5.89. The van der Waals surface area contributed by atoms with Gasteiger partial charge in [0.2, 0.25) is 0 Å². The number of amides is 1. The largest absolute Gasteiger partial charge is 0.496 e. The SMILES string of the molecule is COc1cc(OC)c(C=NNC(=O)COc2ccccc2F)c(OC)c1. The molecule has 2 aromatic carbocycles. The van der Waals surface area contributed by atoms with Gasteiger partial charge < -0.3 is 18.9 Å². The minimum absolute atomic E-state index is 0.00915. The summed E-state index contributed by atoms with van der Waals surface area (Å²) in [6.45, 7) is -0.380. The van der Waals surface area contributed by atoms with E-state index in [-0.39, 0.29) is 12.4 Å². The van der Waals surface area contributed by atoms with E-state index >= 15 is 0 Å². The van der Waals surface area contributed by atoms with Gasteiger partial charge in [0.25, 0.3) is 5.91 Å². The fraction of sp³-hybridized carbons (Fsp3) is 0.222. The monoisotopic (exact) mass is 362 g/mol. The molecule has 7 nitrogen and oxygen atoms in total. The lowest BCUT2D eigenvalue weighted by molar-refractivity contribution is -0.123. The molecule has 1 amide bonds. The van der Waals surface area contributed by atoms with Crippen LogP contribution in [0.1, 0.15) is 5.56 Å². The Bertz CT molecular complexity index is 770. The average Bonchev–Trinajstić information content (AvgIpc) is 2.67. The van der Waals surface area contributed by atoms with Crippen molar-refractivity contribution in [1.82, 2.24) is 5.43 Å². The van der Waals surface area contributed by atoms with Gasteiger partial charge in [-0.1, -0.05) is 12.1 Å². The van der Waals surface area contributed by atoms with Gasteiger partial charge in [0.05, 0.1) is 33.1 Å². The summed E-state index contributed by atoms with van der Waals surface area (Å²) in [5.41, 5.74) is 2.81. The van der Waals surface area contributed by atoms with Gasteiger partial charge in [-0.25, -0.2) is 9.82 Å². The van der Waals surface area contributed by atoms with Crippen LogP contribution in [-0.2, 0) is 4.79 Å². The van der Waals surface area contributed by atoms with E-state index in [1.807, 2.05) is 0 Å². The van der Waals surface area contributed by atoms with Crippen molar-refractivity contribution in [3.8, 4) is 23.0 Å². The Morgan fingerprint density at radius 2 is 1.73 bits per heavy atom. The van der Waals surface area contributed by atoms with Gasteiger partial charge in [0, 0.05) is 12.1 Å². The number of nitrogens with zero attached hydrogens (tertiary/aromatic N) is 1. The third-order valence-electron chi connectivity index (χ3n) is 3.33. The number of hydrogen-bond acceptors (Lipinski definition) is 6. The van der Waals surface area contributed by atoms with Crippen LogP contribution in [0.2, 0.25) is 0 Å². The van der Waals surface area contributed by atoms with E-state index in [1.165, 1.54) is 45.7 Å². The van der Waals surface area contributed by atoms with Crippen LogP contribution in [0.3, 0.4) is 0 Å². The number of carbonyl (C=O) groups is 1. The van der Waals surface area contributed by atoms with Crippen molar-refractivity contribution >= 4 is 12.1 Å². The first kappa shape index (κ1) is 19.0. The highest BCUT2D eigenvalue weighted by Gasteiger charge is 2.12. The average molecular weight is 362 g/mol. The Morgan fingerprint density at radius 1 is 1.08 bits per heavy atom. The number of hydrogen-bond donors (Lipinski definition) is 1. The van der Waals surface area contributed by atoms with E-state index in [4.69, 9.17) is 18.9 Å². The molecule has 0 atom stereocenters. The van der Waals surface area contributed by atoms with E-state index in [2.05, 4.69) is 10.5 Å². The predicted octanol–water partition coefficient (Wildman–Crippen LogP) is 2.38. The molecular formula is C18H19FN2O5. The molecular weight excluding hydrogens is 343 g/mol. The molecule has 26 heavy (non-hydrogen) atoms. The highest BCUT2D eigenvalue weighted by atomic mass is 19.1. The highest BCUT2D eigenvalue weighted by Crippen LogP contribution is 2.32. The molecule has 0 saturated carbocycles. The van der Waals surface area contributed by atoms with E-state index in [1.54, 1.807) is 18.2 Å². The van der Waals surface area contributed by atoms with E-state index < -0.39 is 11.7 Å². The molecule has 8 heteroatoms. The van der Waals surface area contributed by atoms with Crippen molar-refractivity contribution in [2.45, 2.75) is 0 Å². The Morgan fingerprint density at radius 3 is 2.31 bits per heavy atom. The minimum Gasteiger partial charge on any atom is -0.496 e. The number of ether oxygens (including phenoxy) is 4. The molecule has 1 N–H and O–H groups in total. The second kappa shape index (κ2) is 9.26. The standard InChI is InChI=1S/C18H19FN2O5/c1-23-12-8-16(24-2)13(17(9-12)25-3)10-20-21-18(22)11-26-15-7-5-4-6-14(15)19/h4-10H,11H2,1-3H3,(H,21,22). The zero-order valence-corrected chi connectivity index (χ0v) is 14.6. The number of para-hydroxylation sites is 1. The van der Waals surface area contributed by atoms with Crippen LogP contribution in [0.4, 0.5) is 4.39 Å². The van der Waals surface area contributed by atoms with Gasteiger partial charge in [-0.3, -0.25) is 4.79 Å². The fourth-order valence-electron chi connectivity index (χ4n) is 2.07. The second-order valence-electron chi connectivity index (χ2n) is 4.96. The minimum atomic E-state index is -0.545. The van der Waals surface area contributed by atoms with Crippen LogP contribution >= 0.6 is 0 Å². The van der Waals surface area contributed by atoms with Crippen LogP contribution in [-0.4, -0.2) is 40.1 Å². The van der Waals surface area contributed by atoms with Gasteiger partial charge in [-0.15, -0.1) is 0 Å². The fourth-order valence-corrected chi connectivity index (χ4v) is 2.07. The summed E-state index contributed by atoms with van der Waals surface area (Å²) in [4.78, 5) is 11.8. The van der Waals surface area contributed by atoms with Gasteiger partial charge in [0.15, 0.2) is 18.2 Å². The predicted molar refractivity (Wildman–Crippen MR) is 93.7 cm³/mol. The van der Waals surface area contributed by atoms with Crippen molar-refractivity contribution in [2.75, 3.05) is 27.9 Å². The summed E-state index contributed by atoms with van der Waals surface area (Å²) in [5, 5.41) is 3.85. The molecule has 0 aliphatic heterocycles. The maximum atomic E-state index is 13.4. The number of methoxy groups -OCH3 is 3. The summed E-state index contributed by atoms with van der Waals surface area (Å²) in [6.07, 6.45) is 1.37.